The lowest BCUT2D eigenvalue weighted by Gasteiger charge is -2.24. The van der Waals surface area contributed by atoms with Crippen molar-refractivity contribution in [2.75, 3.05) is 45.9 Å². The number of hydrogen-bond donors (Lipinski definition) is 1. The molecule has 0 bridgehead atoms. The lowest BCUT2D eigenvalue weighted by atomic mass is 10.0. The molecule has 7 heteroatoms. The highest BCUT2D eigenvalue weighted by Gasteiger charge is 2.14. The van der Waals surface area contributed by atoms with Crippen LogP contribution in [0.25, 0.3) is 0 Å². The summed E-state index contributed by atoms with van der Waals surface area (Å²) in [5.74, 6) is 0.242. The number of rotatable bonds is 37. The molecule has 0 aromatic carbocycles. The number of ether oxygens (including phenoxy) is 1. The maximum Gasteiger partial charge on any atom is 0.224 e. The zero-order chi connectivity index (χ0) is 35.3. The Bertz CT molecular complexity index is 704. The first-order chi connectivity index (χ1) is 23.5. The fourth-order valence-electron chi connectivity index (χ4n) is 6.28. The molecule has 0 radical (unpaired) electrons. The van der Waals surface area contributed by atoms with Gasteiger partial charge >= 0.3 is 0 Å². The van der Waals surface area contributed by atoms with Crippen LogP contribution in [0.3, 0.4) is 0 Å². The third-order valence-electron chi connectivity index (χ3n) is 9.56. The molecule has 0 aliphatic carbocycles. The van der Waals surface area contributed by atoms with Gasteiger partial charge in [0.05, 0.1) is 19.6 Å². The summed E-state index contributed by atoms with van der Waals surface area (Å²) in [5, 5.41) is 2.83. The van der Waals surface area contributed by atoms with E-state index in [0.29, 0.717) is 52.1 Å². The van der Waals surface area contributed by atoms with Gasteiger partial charge in [-0.2, -0.15) is 0 Å². The van der Waals surface area contributed by atoms with Gasteiger partial charge in [0.15, 0.2) is 0 Å². The van der Waals surface area contributed by atoms with Crippen molar-refractivity contribution in [3.8, 4) is 0 Å². The van der Waals surface area contributed by atoms with Crippen LogP contribution in [0.2, 0.25) is 0 Å². The summed E-state index contributed by atoms with van der Waals surface area (Å²) < 4.78 is 5.83. The highest BCUT2D eigenvalue weighted by molar-refractivity contribution is 5.77. The molecule has 0 rings (SSSR count). The van der Waals surface area contributed by atoms with Crippen molar-refractivity contribution in [2.45, 2.75) is 201 Å². The predicted molar refractivity (Wildman–Crippen MR) is 204 cm³/mol. The van der Waals surface area contributed by atoms with Crippen LogP contribution < -0.4 is 5.32 Å². The quantitative estimate of drug-likeness (QED) is 0.0663. The molecule has 0 spiro atoms. The number of nitrogens with zero attached hydrogens (tertiary/aromatic N) is 2. The Morgan fingerprint density at radius 3 is 1.23 bits per heavy atom. The number of carbonyl (C=O) groups is 3. The van der Waals surface area contributed by atoms with Crippen molar-refractivity contribution in [2.24, 2.45) is 0 Å². The van der Waals surface area contributed by atoms with Crippen molar-refractivity contribution in [3.63, 3.8) is 0 Å². The Balaban J connectivity index is 4.42. The van der Waals surface area contributed by atoms with Crippen LogP contribution in [0.5, 0.6) is 0 Å². The minimum atomic E-state index is -0.00907. The van der Waals surface area contributed by atoms with Gasteiger partial charge in [0.2, 0.25) is 17.7 Å². The molecule has 0 saturated heterocycles. The largest absolute Gasteiger partial charge is 0.379 e. The van der Waals surface area contributed by atoms with Gasteiger partial charge in [0, 0.05) is 45.6 Å². The Hall–Kier alpha value is -1.63. The van der Waals surface area contributed by atoms with E-state index in [2.05, 4.69) is 24.1 Å². The third-order valence-corrected chi connectivity index (χ3v) is 9.56. The van der Waals surface area contributed by atoms with E-state index in [1.54, 1.807) is 4.90 Å². The molecule has 0 aromatic rings. The second-order valence-electron chi connectivity index (χ2n) is 14.0. The van der Waals surface area contributed by atoms with Crippen molar-refractivity contribution < 1.29 is 19.1 Å². The Labute approximate surface area is 298 Å². The number of nitrogens with one attached hydrogen (secondary N) is 1. The molecule has 284 valence electrons. The van der Waals surface area contributed by atoms with Crippen LogP contribution >= 0.6 is 0 Å². The molecule has 1 N–H and O–H groups in total. The van der Waals surface area contributed by atoms with Crippen LogP contribution in [-0.4, -0.2) is 73.5 Å². The molecule has 0 fully saturated rings. The zero-order valence-electron chi connectivity index (χ0n) is 32.6. The number of unbranched alkanes of at least 4 members (excludes halogenated alkanes) is 22. The minimum absolute atomic E-state index is 0.00907. The third kappa shape index (κ3) is 30.4. The van der Waals surface area contributed by atoms with Crippen molar-refractivity contribution in [3.05, 3.63) is 0 Å². The van der Waals surface area contributed by atoms with Crippen LogP contribution in [-0.2, 0) is 19.1 Å². The first-order valence-electron chi connectivity index (χ1n) is 20.9. The summed E-state index contributed by atoms with van der Waals surface area (Å²) >= 11 is 0. The van der Waals surface area contributed by atoms with E-state index in [1.165, 1.54) is 141 Å². The fraction of sp³-hybridized carbons (Fsp3) is 0.927. The molecular weight excluding hydrogens is 598 g/mol. The highest BCUT2D eigenvalue weighted by Crippen LogP contribution is 2.14. The van der Waals surface area contributed by atoms with E-state index in [1.807, 2.05) is 13.8 Å². The summed E-state index contributed by atoms with van der Waals surface area (Å²) in [6.45, 7) is 12.1. The molecule has 0 atom stereocenters. The average molecular weight is 680 g/mol. The van der Waals surface area contributed by atoms with Crippen LogP contribution in [0.1, 0.15) is 201 Å². The normalized spacial score (nSPS) is 11.2. The van der Waals surface area contributed by atoms with Gasteiger partial charge in [-0.25, -0.2) is 0 Å². The number of hydrogen-bond acceptors (Lipinski definition) is 4. The molecule has 0 aliphatic rings. The van der Waals surface area contributed by atoms with E-state index in [9.17, 15) is 14.4 Å². The van der Waals surface area contributed by atoms with E-state index >= 15 is 0 Å². The maximum absolute atomic E-state index is 13.2. The summed E-state index contributed by atoms with van der Waals surface area (Å²) in [5.41, 5.74) is 0. The molecule has 0 aliphatic heterocycles. The molecule has 0 heterocycles. The SMILES string of the molecule is CCCCCCCCCCCCCCN(CCCCCCCCCCCCCC)C(=O)CCOCCN(CCNC(=O)CC)C(=O)CC. The zero-order valence-corrected chi connectivity index (χ0v) is 32.6. The topological polar surface area (TPSA) is 79.0 Å². The Morgan fingerprint density at radius 2 is 0.833 bits per heavy atom. The van der Waals surface area contributed by atoms with Crippen LogP contribution in [0.15, 0.2) is 0 Å². The van der Waals surface area contributed by atoms with Gasteiger partial charge in [0.1, 0.15) is 0 Å². The Kier molecular flexibility index (Phi) is 35.4. The van der Waals surface area contributed by atoms with E-state index < -0.39 is 0 Å². The van der Waals surface area contributed by atoms with Gasteiger partial charge in [-0.05, 0) is 12.8 Å². The lowest BCUT2D eigenvalue weighted by Crippen LogP contribution is -2.40. The first kappa shape index (κ1) is 46.4. The monoisotopic (exact) mass is 680 g/mol. The molecule has 0 saturated carbocycles. The van der Waals surface area contributed by atoms with Crippen LogP contribution in [0, 0.1) is 0 Å². The van der Waals surface area contributed by atoms with Crippen LogP contribution in [0.4, 0.5) is 0 Å². The minimum Gasteiger partial charge on any atom is -0.379 e. The molecule has 7 nitrogen and oxygen atoms in total. The molecule has 3 amide bonds. The number of carbonyl (C=O) groups excluding carboxylic acids is 3. The molecule has 0 aromatic heterocycles. The molecule has 48 heavy (non-hydrogen) atoms. The fourth-order valence-corrected chi connectivity index (χ4v) is 6.28. The average Bonchev–Trinajstić information content (AvgIpc) is 3.10. The molecular formula is C41H81N3O4. The maximum atomic E-state index is 13.2. The first-order valence-corrected chi connectivity index (χ1v) is 20.9. The summed E-state index contributed by atoms with van der Waals surface area (Å²) in [4.78, 5) is 40.9. The predicted octanol–water partition coefficient (Wildman–Crippen LogP) is 10.4. The van der Waals surface area contributed by atoms with Gasteiger partial charge in [-0.15, -0.1) is 0 Å². The second kappa shape index (κ2) is 36.6. The highest BCUT2D eigenvalue weighted by atomic mass is 16.5. The summed E-state index contributed by atoms with van der Waals surface area (Å²) in [6.07, 6.45) is 33.0. The molecule has 0 unspecified atom stereocenters. The van der Waals surface area contributed by atoms with Gasteiger partial charge in [0.25, 0.3) is 0 Å². The van der Waals surface area contributed by atoms with Gasteiger partial charge in [-0.3, -0.25) is 14.4 Å². The van der Waals surface area contributed by atoms with E-state index in [0.717, 1.165) is 25.9 Å². The van der Waals surface area contributed by atoms with Gasteiger partial charge in [-0.1, -0.05) is 169 Å². The van der Waals surface area contributed by atoms with Gasteiger partial charge < -0.3 is 19.9 Å². The van der Waals surface area contributed by atoms with Crippen molar-refractivity contribution >= 4 is 17.7 Å². The Morgan fingerprint density at radius 1 is 0.438 bits per heavy atom. The smallest absolute Gasteiger partial charge is 0.224 e. The van der Waals surface area contributed by atoms with Crippen molar-refractivity contribution in [1.29, 1.82) is 0 Å². The number of amides is 3. The van der Waals surface area contributed by atoms with E-state index in [-0.39, 0.29) is 17.7 Å². The summed E-state index contributed by atoms with van der Waals surface area (Å²) in [7, 11) is 0. The second-order valence-corrected chi connectivity index (χ2v) is 14.0. The standard InChI is InChI=1S/C41H81N3O4/c1-5-9-11-13-15-17-19-21-23-25-27-29-33-43(34-30-28-26-24-22-20-18-16-14-12-10-6-2)41(47)31-37-48-38-36-44(40(46)8-4)35-32-42-39(45)7-3/h5-38H2,1-4H3,(H,42,45). The lowest BCUT2D eigenvalue weighted by molar-refractivity contribution is -0.134. The van der Waals surface area contributed by atoms with Crippen molar-refractivity contribution in [1.82, 2.24) is 15.1 Å². The van der Waals surface area contributed by atoms with E-state index in [4.69, 9.17) is 4.74 Å². The summed E-state index contributed by atoms with van der Waals surface area (Å²) in [6, 6.07) is 0.